The number of rotatable bonds is 9. The van der Waals surface area contributed by atoms with Gasteiger partial charge < -0.3 is 39.3 Å². The molecule has 2 bridgehead atoms. The van der Waals surface area contributed by atoms with Crippen molar-refractivity contribution >= 4 is 34.6 Å². The maximum atomic E-state index is 15.4. The van der Waals surface area contributed by atoms with Gasteiger partial charge in [-0.1, -0.05) is 55.8 Å². The Morgan fingerprint density at radius 1 is 1.02 bits per heavy atom. The van der Waals surface area contributed by atoms with E-state index in [1.54, 1.807) is 7.11 Å². The molecule has 2 aromatic carbocycles. The first-order valence-corrected chi connectivity index (χ1v) is 23.7. The number of H-pyrrole nitrogens is 1. The van der Waals surface area contributed by atoms with E-state index in [1.165, 1.54) is 19.6 Å². The second-order valence-electron chi connectivity index (χ2n) is 19.8. The normalized spacial score (nSPS) is 34.1. The molecule has 1 spiro atoms. The van der Waals surface area contributed by atoms with Crippen molar-refractivity contribution in [2.24, 2.45) is 11.3 Å². The summed E-state index contributed by atoms with van der Waals surface area (Å²) in [5, 5.41) is 18.0. The molecule has 6 heterocycles. The number of hydrogen-bond acceptors (Lipinski definition) is 11. The number of para-hydroxylation sites is 1. The van der Waals surface area contributed by atoms with Crippen LogP contribution in [-0.2, 0) is 41.1 Å². The van der Waals surface area contributed by atoms with Crippen molar-refractivity contribution in [3.8, 4) is 5.75 Å². The molecule has 0 radical (unpaired) electrons. The zero-order valence-corrected chi connectivity index (χ0v) is 38.3. The number of nitrogens with one attached hydrogen (secondary N) is 2. The number of aromatic nitrogens is 1. The van der Waals surface area contributed by atoms with Crippen LogP contribution < -0.4 is 15.0 Å². The van der Waals surface area contributed by atoms with Crippen LogP contribution in [-0.4, -0.2) is 128 Å². The number of aromatic amines is 1. The molecule has 3 fully saturated rings. The van der Waals surface area contributed by atoms with E-state index in [4.69, 9.17) is 18.9 Å². The van der Waals surface area contributed by atoms with Gasteiger partial charge in [-0.25, -0.2) is 4.79 Å². The van der Waals surface area contributed by atoms with Gasteiger partial charge in [0, 0.05) is 90.9 Å². The van der Waals surface area contributed by atoms with Crippen LogP contribution in [0.4, 0.5) is 10.5 Å². The van der Waals surface area contributed by atoms with Gasteiger partial charge >= 0.3 is 18.0 Å². The van der Waals surface area contributed by atoms with Crippen LogP contribution in [0.1, 0.15) is 94.5 Å². The Labute approximate surface area is 376 Å². The summed E-state index contributed by atoms with van der Waals surface area (Å²) in [5.41, 5.74) is 2.11. The van der Waals surface area contributed by atoms with E-state index in [1.807, 2.05) is 13.1 Å². The van der Waals surface area contributed by atoms with Gasteiger partial charge in [0.05, 0.1) is 26.8 Å². The van der Waals surface area contributed by atoms with Gasteiger partial charge in [-0.3, -0.25) is 19.4 Å². The Morgan fingerprint density at radius 2 is 1.81 bits per heavy atom. The van der Waals surface area contributed by atoms with E-state index < -0.39 is 46.1 Å². The summed E-state index contributed by atoms with van der Waals surface area (Å²) >= 11 is 0. The van der Waals surface area contributed by atoms with Gasteiger partial charge in [-0.05, 0) is 93.5 Å². The van der Waals surface area contributed by atoms with Gasteiger partial charge in [-0.2, -0.15) is 0 Å². The summed E-state index contributed by atoms with van der Waals surface area (Å²) in [5.74, 6) is -0.287. The number of benzene rings is 2. The maximum absolute atomic E-state index is 15.4. The third kappa shape index (κ3) is 6.15. The number of ether oxygens (including phenoxy) is 4. The van der Waals surface area contributed by atoms with Crippen molar-refractivity contribution in [3.63, 3.8) is 0 Å². The molecule has 10 rings (SSSR count). The first-order chi connectivity index (χ1) is 30.9. The Bertz CT molecular complexity index is 2420. The standard InChI is InChI=1S/C51H65N5O8/c1-7-32-24-33-27-50(46(58)62-6,42-36(18-22-55(28-32)29-33)35-16-11-12-17-39(35)53-42)38-25-37-40(26-41(38)61-5)54(4)44-49(37)20-23-56-21-13-19-48(8-2,43(49)56)45(63-31(3)57)51(44,60)30-52-47(59)64-34-14-9-10-15-34/h11-13,16-17,19,24-26,33-34,43-45,53,60H,7-10,14-15,18,20-23,27-30H2,1-6H3,(H,52,59)/t33-,43-,44+,45+,48+,49+,50-,51?/m0/s1. The molecular formula is C51H65N5O8. The predicted octanol–water partition coefficient (Wildman–Crippen LogP) is 6.29. The lowest BCUT2D eigenvalue weighted by molar-refractivity contribution is -0.217. The Morgan fingerprint density at radius 3 is 2.55 bits per heavy atom. The smallest absolute Gasteiger partial charge is 0.407 e. The highest BCUT2D eigenvalue weighted by molar-refractivity contribution is 5.94. The van der Waals surface area contributed by atoms with E-state index in [0.29, 0.717) is 31.6 Å². The summed E-state index contributed by atoms with van der Waals surface area (Å²) in [7, 11) is 5.14. The molecular weight excluding hydrogens is 811 g/mol. The largest absolute Gasteiger partial charge is 0.496 e. The quantitative estimate of drug-likeness (QED) is 0.127. The number of esters is 2. The SMILES string of the molecule is CCC1=C[C@@H]2CN(CCc3c([nH]c4ccccc34)[C@@](C(=O)OC)(c3cc4c(cc3OC)N(C)[C@H]3C(O)(CNC(=O)OC5CCCC5)[C@H](OC(C)=O)[C@]5(CC)C=CCN6CC[C@]43[C@@H]65)C2)C1. The molecule has 1 amide bonds. The maximum Gasteiger partial charge on any atom is 0.407 e. The second-order valence-corrected chi connectivity index (χ2v) is 19.8. The lowest BCUT2D eigenvalue weighted by atomic mass is 9.47. The van der Waals surface area contributed by atoms with Crippen molar-refractivity contribution in [1.82, 2.24) is 20.1 Å². The molecule has 342 valence electrons. The highest BCUT2D eigenvalue weighted by atomic mass is 16.6. The van der Waals surface area contributed by atoms with Crippen molar-refractivity contribution in [3.05, 3.63) is 82.6 Å². The van der Waals surface area contributed by atoms with Gasteiger partial charge in [-0.15, -0.1) is 0 Å². The molecule has 2 aliphatic carbocycles. The summed E-state index contributed by atoms with van der Waals surface area (Å²) in [4.78, 5) is 53.3. The number of likely N-dealkylation sites (N-methyl/N-ethyl adjacent to an activating group) is 1. The third-order valence-electron chi connectivity index (χ3n) is 16.7. The molecule has 64 heavy (non-hydrogen) atoms. The number of alkyl carbamates (subject to hydrolysis) is 1. The van der Waals surface area contributed by atoms with Crippen LogP contribution in [0, 0.1) is 11.3 Å². The zero-order valence-electron chi connectivity index (χ0n) is 38.3. The van der Waals surface area contributed by atoms with Crippen molar-refractivity contribution in [1.29, 1.82) is 0 Å². The zero-order chi connectivity index (χ0) is 44.8. The molecule has 9 atom stereocenters. The number of carbonyl (C=O) groups excluding carboxylic acids is 3. The minimum absolute atomic E-state index is 0.0317. The van der Waals surface area contributed by atoms with E-state index in [9.17, 15) is 14.7 Å². The summed E-state index contributed by atoms with van der Waals surface area (Å²) in [6.07, 6.45) is 11.9. The topological polar surface area (TPSA) is 146 Å². The van der Waals surface area contributed by atoms with Crippen LogP contribution in [0.25, 0.3) is 10.9 Å². The molecule has 1 aromatic heterocycles. The van der Waals surface area contributed by atoms with Crippen LogP contribution >= 0.6 is 0 Å². The molecule has 2 saturated carbocycles. The highest BCUT2D eigenvalue weighted by Crippen LogP contribution is 2.68. The number of methoxy groups -OCH3 is 2. The van der Waals surface area contributed by atoms with E-state index in [2.05, 4.69) is 87.4 Å². The number of aliphatic hydroxyl groups is 1. The minimum atomic E-state index is -1.80. The number of nitrogens with zero attached hydrogens (tertiary/aromatic N) is 3. The molecule has 3 N–H and O–H groups in total. The lowest BCUT2D eigenvalue weighted by Gasteiger charge is -2.64. The van der Waals surface area contributed by atoms with E-state index >= 15 is 4.79 Å². The summed E-state index contributed by atoms with van der Waals surface area (Å²) < 4.78 is 24.8. The number of fused-ring (bicyclic) bond motifs is 6. The van der Waals surface area contributed by atoms with Crippen molar-refractivity contribution < 1.29 is 38.4 Å². The number of hydrogen-bond donors (Lipinski definition) is 3. The summed E-state index contributed by atoms with van der Waals surface area (Å²) in [6.45, 7) is 9.51. The Balaban J connectivity index is 1.22. The number of carbonyl (C=O) groups is 3. The molecule has 3 aromatic rings. The average Bonchev–Trinajstić information content (AvgIpc) is 4.10. The molecule has 13 heteroatoms. The number of amides is 1. The molecule has 5 aliphatic heterocycles. The molecule has 1 saturated heterocycles. The fourth-order valence-electron chi connectivity index (χ4n) is 14.4. The van der Waals surface area contributed by atoms with Gasteiger partial charge in [0.1, 0.15) is 29.0 Å². The van der Waals surface area contributed by atoms with Crippen molar-refractivity contribution in [2.75, 3.05) is 65.4 Å². The highest BCUT2D eigenvalue weighted by Gasteiger charge is 2.78. The van der Waals surface area contributed by atoms with E-state index in [-0.39, 0.29) is 30.6 Å². The molecule has 13 nitrogen and oxygen atoms in total. The third-order valence-corrected chi connectivity index (χ3v) is 16.7. The predicted molar refractivity (Wildman–Crippen MR) is 244 cm³/mol. The first kappa shape index (κ1) is 43.1. The molecule has 7 aliphatic rings. The monoisotopic (exact) mass is 875 g/mol. The van der Waals surface area contributed by atoms with E-state index in [0.717, 1.165) is 104 Å². The van der Waals surface area contributed by atoms with Gasteiger partial charge in [0.2, 0.25) is 0 Å². The van der Waals surface area contributed by atoms with Crippen molar-refractivity contribution in [2.45, 2.75) is 119 Å². The second kappa shape index (κ2) is 15.9. The lowest BCUT2D eigenvalue weighted by Crippen LogP contribution is -2.81. The van der Waals surface area contributed by atoms with Gasteiger partial charge in [0.25, 0.3) is 0 Å². The summed E-state index contributed by atoms with van der Waals surface area (Å²) in [6, 6.07) is 11.7. The molecule has 2 unspecified atom stereocenters. The average molecular weight is 876 g/mol. The Kier molecular flexibility index (Phi) is 10.7. The van der Waals surface area contributed by atoms with Crippen LogP contribution in [0.5, 0.6) is 5.75 Å². The van der Waals surface area contributed by atoms with Gasteiger partial charge in [0.15, 0.2) is 0 Å². The van der Waals surface area contributed by atoms with Crippen LogP contribution in [0.3, 0.4) is 0 Å². The Hall–Kier alpha value is -4.85. The fraction of sp³-hybridized carbons (Fsp3) is 0.588. The first-order valence-electron chi connectivity index (χ1n) is 23.7. The fourth-order valence-corrected chi connectivity index (χ4v) is 14.4. The minimum Gasteiger partial charge on any atom is -0.496 e. The number of anilines is 1. The van der Waals surface area contributed by atoms with Crippen LogP contribution in [0.2, 0.25) is 0 Å². The van der Waals surface area contributed by atoms with Crippen LogP contribution in [0.15, 0.2) is 60.2 Å².